The highest BCUT2D eigenvalue weighted by Crippen LogP contribution is 2.26. The van der Waals surface area contributed by atoms with Gasteiger partial charge in [-0.1, -0.05) is 24.5 Å². The maximum atomic E-state index is 6.05. The zero-order valence-corrected chi connectivity index (χ0v) is 13.8. The molecule has 0 amide bonds. The van der Waals surface area contributed by atoms with Gasteiger partial charge in [-0.3, -0.25) is 0 Å². The minimum atomic E-state index is 0.510. The number of nitrogens with one attached hydrogen (secondary N) is 2. The number of aryl methyl sites for hydroxylation is 3. The fraction of sp³-hybridized carbons (Fsp3) is 0.500. The van der Waals surface area contributed by atoms with Crippen LogP contribution in [0.5, 0.6) is 0 Å². The van der Waals surface area contributed by atoms with Crippen molar-refractivity contribution in [3.63, 3.8) is 0 Å². The van der Waals surface area contributed by atoms with Crippen LogP contribution in [0, 0.1) is 20.8 Å². The summed E-state index contributed by atoms with van der Waals surface area (Å²) in [6.07, 6.45) is 5.01. The highest BCUT2D eigenvalue weighted by Gasteiger charge is 2.15. The second-order valence-electron chi connectivity index (χ2n) is 6.55. The Morgan fingerprint density at radius 3 is 2.73 bits per heavy atom. The van der Waals surface area contributed by atoms with E-state index in [-0.39, 0.29) is 0 Å². The molecule has 4 nitrogen and oxygen atoms in total. The Hall–Kier alpha value is -1.97. The Kier molecular flexibility index (Phi) is 4.10. The van der Waals surface area contributed by atoms with Crippen LogP contribution in [0.15, 0.2) is 17.1 Å². The molecule has 1 aromatic heterocycles. The van der Waals surface area contributed by atoms with Gasteiger partial charge in [0.2, 0.25) is 0 Å². The molecule has 0 atom stereocenters. The number of hydrogen-bond donors (Lipinski definition) is 3. The van der Waals surface area contributed by atoms with Crippen molar-refractivity contribution in [3.05, 3.63) is 34.5 Å². The number of rotatable bonds is 3. The molecule has 0 aliphatic heterocycles. The SMILES string of the molecule is Cc1cc(CN=C(N)NC2CCCC2)c2[nH]c(C)c(C)c2c1. The normalized spacial score (nSPS) is 16.6. The predicted molar refractivity (Wildman–Crippen MR) is 93.2 cm³/mol. The molecule has 4 N–H and O–H groups in total. The highest BCUT2D eigenvalue weighted by atomic mass is 15.1. The van der Waals surface area contributed by atoms with E-state index < -0.39 is 0 Å². The van der Waals surface area contributed by atoms with Gasteiger partial charge < -0.3 is 16.0 Å². The maximum absolute atomic E-state index is 6.05. The smallest absolute Gasteiger partial charge is 0.189 e. The molecule has 0 bridgehead atoms. The zero-order chi connectivity index (χ0) is 15.7. The average Bonchev–Trinajstić information content (AvgIpc) is 3.07. The van der Waals surface area contributed by atoms with Crippen LogP contribution in [-0.4, -0.2) is 17.0 Å². The first-order chi connectivity index (χ1) is 10.5. The highest BCUT2D eigenvalue weighted by molar-refractivity contribution is 5.88. The number of fused-ring (bicyclic) bond motifs is 1. The van der Waals surface area contributed by atoms with Crippen molar-refractivity contribution in [2.75, 3.05) is 0 Å². The molecule has 0 unspecified atom stereocenters. The lowest BCUT2D eigenvalue weighted by atomic mass is 10.0. The minimum Gasteiger partial charge on any atom is -0.370 e. The van der Waals surface area contributed by atoms with Gasteiger partial charge in [0.15, 0.2) is 5.96 Å². The first-order valence-corrected chi connectivity index (χ1v) is 8.19. The van der Waals surface area contributed by atoms with Crippen LogP contribution in [0.3, 0.4) is 0 Å². The van der Waals surface area contributed by atoms with Crippen LogP contribution in [-0.2, 0) is 6.54 Å². The van der Waals surface area contributed by atoms with Crippen LogP contribution in [0.25, 0.3) is 10.9 Å². The molecule has 118 valence electrons. The van der Waals surface area contributed by atoms with E-state index in [0.717, 1.165) is 0 Å². The van der Waals surface area contributed by atoms with Crippen molar-refractivity contribution in [3.8, 4) is 0 Å². The Bertz CT molecular complexity index is 705. The lowest BCUT2D eigenvalue weighted by Crippen LogP contribution is -2.38. The topological polar surface area (TPSA) is 66.2 Å². The van der Waals surface area contributed by atoms with Crippen LogP contribution in [0.4, 0.5) is 0 Å². The second-order valence-corrected chi connectivity index (χ2v) is 6.55. The summed E-state index contributed by atoms with van der Waals surface area (Å²) in [5.74, 6) is 0.571. The van der Waals surface area contributed by atoms with Crippen molar-refractivity contribution in [1.29, 1.82) is 0 Å². The van der Waals surface area contributed by atoms with Gasteiger partial charge in [0.25, 0.3) is 0 Å². The monoisotopic (exact) mass is 298 g/mol. The van der Waals surface area contributed by atoms with Gasteiger partial charge in [-0.05, 0) is 50.8 Å². The second kappa shape index (κ2) is 6.03. The van der Waals surface area contributed by atoms with Crippen LogP contribution < -0.4 is 11.1 Å². The summed E-state index contributed by atoms with van der Waals surface area (Å²) in [7, 11) is 0. The summed E-state index contributed by atoms with van der Waals surface area (Å²) in [5, 5.41) is 4.64. The number of hydrogen-bond acceptors (Lipinski definition) is 1. The Morgan fingerprint density at radius 2 is 2.00 bits per heavy atom. The van der Waals surface area contributed by atoms with Crippen molar-refractivity contribution in [1.82, 2.24) is 10.3 Å². The zero-order valence-electron chi connectivity index (χ0n) is 13.8. The molecule has 2 aromatic rings. The van der Waals surface area contributed by atoms with Crippen LogP contribution in [0.1, 0.15) is 48.1 Å². The number of nitrogens with two attached hydrogens (primary N) is 1. The summed E-state index contributed by atoms with van der Waals surface area (Å²) in [4.78, 5) is 8.04. The molecular formula is C18H26N4. The molecule has 0 radical (unpaired) electrons. The van der Waals surface area contributed by atoms with E-state index in [1.807, 2.05) is 0 Å². The van der Waals surface area contributed by atoms with Crippen molar-refractivity contribution >= 4 is 16.9 Å². The van der Waals surface area contributed by atoms with E-state index in [1.54, 1.807) is 0 Å². The minimum absolute atomic E-state index is 0.510. The molecule has 1 aliphatic rings. The Morgan fingerprint density at radius 1 is 1.27 bits per heavy atom. The summed E-state index contributed by atoms with van der Waals surface area (Å²) < 4.78 is 0. The quantitative estimate of drug-likeness (QED) is 0.600. The predicted octanol–water partition coefficient (Wildman–Crippen LogP) is 3.44. The fourth-order valence-corrected chi connectivity index (χ4v) is 3.41. The van der Waals surface area contributed by atoms with Crippen molar-refractivity contribution in [2.45, 2.75) is 59.0 Å². The van der Waals surface area contributed by atoms with Crippen molar-refractivity contribution in [2.24, 2.45) is 10.7 Å². The van der Waals surface area contributed by atoms with E-state index in [1.165, 1.54) is 59.0 Å². The van der Waals surface area contributed by atoms with Gasteiger partial charge in [0, 0.05) is 17.1 Å². The molecular weight excluding hydrogens is 272 g/mol. The van der Waals surface area contributed by atoms with Crippen molar-refractivity contribution < 1.29 is 0 Å². The molecule has 1 saturated carbocycles. The van der Waals surface area contributed by atoms with Gasteiger partial charge in [0.1, 0.15) is 0 Å². The van der Waals surface area contributed by atoms with Crippen LogP contribution >= 0.6 is 0 Å². The van der Waals surface area contributed by atoms with Gasteiger partial charge in [0.05, 0.1) is 12.1 Å². The summed E-state index contributed by atoms with van der Waals surface area (Å²) in [6, 6.07) is 4.95. The lowest BCUT2D eigenvalue weighted by molar-refractivity contribution is 0.625. The molecule has 0 spiro atoms. The number of guanidine groups is 1. The number of nitrogens with zero attached hydrogens (tertiary/aromatic N) is 1. The number of benzene rings is 1. The summed E-state index contributed by atoms with van der Waals surface area (Å²) >= 11 is 0. The third kappa shape index (κ3) is 2.96. The number of aromatic nitrogens is 1. The molecule has 1 heterocycles. The van der Waals surface area contributed by atoms with Gasteiger partial charge in [-0.15, -0.1) is 0 Å². The van der Waals surface area contributed by atoms with Gasteiger partial charge >= 0.3 is 0 Å². The Balaban J connectivity index is 1.82. The first-order valence-electron chi connectivity index (χ1n) is 8.19. The fourth-order valence-electron chi connectivity index (χ4n) is 3.41. The first kappa shape index (κ1) is 14.9. The molecule has 1 aromatic carbocycles. The lowest BCUT2D eigenvalue weighted by Gasteiger charge is -2.12. The van der Waals surface area contributed by atoms with E-state index in [4.69, 9.17) is 5.73 Å². The third-order valence-corrected chi connectivity index (χ3v) is 4.77. The molecule has 3 rings (SSSR count). The summed E-state index contributed by atoms with van der Waals surface area (Å²) in [6.45, 7) is 7.03. The van der Waals surface area contributed by atoms with Gasteiger partial charge in [-0.25, -0.2) is 4.99 Å². The maximum Gasteiger partial charge on any atom is 0.189 e. The van der Waals surface area contributed by atoms with E-state index >= 15 is 0 Å². The number of aromatic amines is 1. The number of H-pyrrole nitrogens is 1. The Labute approximate surface area is 132 Å². The molecule has 1 fully saturated rings. The average molecular weight is 298 g/mol. The largest absolute Gasteiger partial charge is 0.370 e. The molecule has 4 heteroatoms. The number of aliphatic imine (C=N–C) groups is 1. The third-order valence-electron chi connectivity index (χ3n) is 4.77. The van der Waals surface area contributed by atoms with E-state index in [9.17, 15) is 0 Å². The standard InChI is InChI=1S/C18H26N4/c1-11-8-14(17-16(9-11)12(2)13(3)21-17)10-20-18(19)22-15-6-4-5-7-15/h8-9,15,21H,4-7,10H2,1-3H3,(H3,19,20,22). The van der Waals surface area contributed by atoms with Gasteiger partial charge in [-0.2, -0.15) is 0 Å². The molecule has 22 heavy (non-hydrogen) atoms. The van der Waals surface area contributed by atoms with Crippen LogP contribution in [0.2, 0.25) is 0 Å². The summed E-state index contributed by atoms with van der Waals surface area (Å²) in [5.41, 5.74) is 12.3. The molecule has 1 aliphatic carbocycles. The van der Waals surface area contributed by atoms with E-state index in [0.29, 0.717) is 18.5 Å². The molecule has 0 saturated heterocycles. The van der Waals surface area contributed by atoms with E-state index in [2.05, 4.69) is 48.2 Å².